The van der Waals surface area contributed by atoms with Crippen molar-refractivity contribution >= 4 is 52.5 Å². The summed E-state index contributed by atoms with van der Waals surface area (Å²) in [7, 11) is 0. The second kappa shape index (κ2) is 9.12. The molecule has 0 bridgehead atoms. The van der Waals surface area contributed by atoms with Crippen LogP contribution in [0.2, 0.25) is 5.02 Å². The quantitative estimate of drug-likeness (QED) is 0.660. The molecule has 0 aliphatic carbocycles. The number of ether oxygens (including phenoxy) is 1. The van der Waals surface area contributed by atoms with Crippen molar-refractivity contribution in [2.45, 2.75) is 43.1 Å². The van der Waals surface area contributed by atoms with Gasteiger partial charge in [-0.2, -0.15) is 0 Å². The molecule has 2 aromatic carbocycles. The molecule has 8 heteroatoms. The summed E-state index contributed by atoms with van der Waals surface area (Å²) in [6.45, 7) is 5.72. The van der Waals surface area contributed by atoms with Gasteiger partial charge in [0, 0.05) is 29.3 Å². The molecule has 148 valence electrons. The van der Waals surface area contributed by atoms with E-state index in [1.165, 1.54) is 39.5 Å². The number of hydrogen-bond acceptors (Lipinski definition) is 5. The van der Waals surface area contributed by atoms with E-state index in [0.717, 1.165) is 15.5 Å². The van der Waals surface area contributed by atoms with Crippen molar-refractivity contribution in [3.8, 4) is 0 Å². The maximum atomic E-state index is 12.3. The van der Waals surface area contributed by atoms with Gasteiger partial charge in [-0.15, -0.1) is 0 Å². The van der Waals surface area contributed by atoms with Gasteiger partial charge in [0.25, 0.3) is 5.91 Å². The van der Waals surface area contributed by atoms with Crippen molar-refractivity contribution < 1.29 is 19.1 Å². The molecular weight excluding hydrogens is 400 g/mol. The first kappa shape index (κ1) is 21.8. The molecule has 0 unspecified atom stereocenters. The van der Waals surface area contributed by atoms with Crippen LogP contribution >= 0.6 is 23.4 Å². The lowest BCUT2D eigenvalue weighted by molar-refractivity contribution is -0.160. The molecule has 0 fully saturated rings. The molecule has 2 amide bonds. The Morgan fingerprint density at radius 2 is 1.57 bits per heavy atom. The maximum Gasteiger partial charge on any atom is 0.303 e. The van der Waals surface area contributed by atoms with E-state index in [1.54, 1.807) is 12.1 Å². The Hall–Kier alpha value is -2.51. The molecule has 0 saturated heterocycles. The Bertz CT molecular complexity index is 898. The van der Waals surface area contributed by atoms with E-state index in [2.05, 4.69) is 10.6 Å². The summed E-state index contributed by atoms with van der Waals surface area (Å²) in [4.78, 5) is 36.4. The molecule has 0 spiro atoms. The van der Waals surface area contributed by atoms with Crippen LogP contribution in [0, 0.1) is 0 Å². The zero-order chi connectivity index (χ0) is 20.9. The number of carbonyl (C=O) groups is 3. The number of halogens is 1. The Morgan fingerprint density at radius 3 is 2.11 bits per heavy atom. The Labute approximate surface area is 173 Å². The van der Waals surface area contributed by atoms with Crippen molar-refractivity contribution in [3.05, 3.63) is 47.5 Å². The Balaban J connectivity index is 2.06. The van der Waals surface area contributed by atoms with E-state index in [4.69, 9.17) is 16.3 Å². The van der Waals surface area contributed by atoms with Gasteiger partial charge < -0.3 is 15.4 Å². The minimum atomic E-state index is -1.31. The second-order valence-corrected chi connectivity index (χ2v) is 8.06. The fourth-order valence-electron chi connectivity index (χ4n) is 2.28. The van der Waals surface area contributed by atoms with Crippen molar-refractivity contribution in [2.24, 2.45) is 0 Å². The highest BCUT2D eigenvalue weighted by molar-refractivity contribution is 7.99. The highest BCUT2D eigenvalue weighted by atomic mass is 35.5. The predicted molar refractivity (Wildman–Crippen MR) is 111 cm³/mol. The molecule has 6 nitrogen and oxygen atoms in total. The number of hydrogen-bond donors (Lipinski definition) is 2. The fraction of sp³-hybridized carbons (Fsp3) is 0.250. The lowest BCUT2D eigenvalue weighted by atomic mass is 10.1. The van der Waals surface area contributed by atoms with Crippen molar-refractivity contribution in [1.82, 2.24) is 0 Å². The van der Waals surface area contributed by atoms with Crippen molar-refractivity contribution in [3.63, 3.8) is 0 Å². The number of esters is 1. The van der Waals surface area contributed by atoms with E-state index >= 15 is 0 Å². The first-order chi connectivity index (χ1) is 13.1. The minimum Gasteiger partial charge on any atom is -0.450 e. The highest BCUT2D eigenvalue weighted by Crippen LogP contribution is 2.33. The number of carbonyl (C=O) groups excluding carboxylic acids is 3. The van der Waals surface area contributed by atoms with E-state index in [0.29, 0.717) is 10.7 Å². The first-order valence-corrected chi connectivity index (χ1v) is 9.62. The van der Waals surface area contributed by atoms with E-state index < -0.39 is 17.5 Å². The third-order valence-corrected chi connectivity index (χ3v) is 4.86. The number of benzene rings is 2. The lowest BCUT2D eigenvalue weighted by Crippen LogP contribution is -2.41. The highest BCUT2D eigenvalue weighted by Gasteiger charge is 2.31. The molecule has 0 atom stereocenters. The van der Waals surface area contributed by atoms with Crippen LogP contribution in [0.15, 0.2) is 52.3 Å². The summed E-state index contributed by atoms with van der Waals surface area (Å²) in [5, 5.41) is 5.76. The summed E-state index contributed by atoms with van der Waals surface area (Å²) >= 11 is 7.79. The summed E-state index contributed by atoms with van der Waals surface area (Å²) in [6.07, 6.45) is 0. The van der Waals surface area contributed by atoms with E-state index in [1.807, 2.05) is 30.3 Å². The zero-order valence-electron chi connectivity index (χ0n) is 16.0. The first-order valence-electron chi connectivity index (χ1n) is 8.43. The smallest absolute Gasteiger partial charge is 0.303 e. The molecule has 2 aromatic rings. The average Bonchev–Trinajstić information content (AvgIpc) is 2.57. The molecular formula is C20H21ClN2O4S. The molecule has 0 aliphatic heterocycles. The summed E-state index contributed by atoms with van der Waals surface area (Å²) in [5.41, 5.74) is -0.154. The third-order valence-electron chi connectivity index (χ3n) is 3.54. The van der Waals surface area contributed by atoms with E-state index in [9.17, 15) is 14.4 Å². The number of nitrogens with one attached hydrogen (secondary N) is 2. The molecule has 0 aromatic heterocycles. The predicted octanol–water partition coefficient (Wildman–Crippen LogP) is 4.73. The molecule has 2 rings (SSSR count). The van der Waals surface area contributed by atoms with Crippen LogP contribution in [0.5, 0.6) is 0 Å². The Kier molecular flexibility index (Phi) is 7.10. The van der Waals surface area contributed by atoms with Crippen LogP contribution in [-0.4, -0.2) is 23.4 Å². The van der Waals surface area contributed by atoms with Crippen LogP contribution in [0.1, 0.15) is 27.7 Å². The minimum absolute atomic E-state index is 0.123. The van der Waals surface area contributed by atoms with Gasteiger partial charge in [-0.3, -0.25) is 14.4 Å². The molecule has 2 N–H and O–H groups in total. The molecule has 0 radical (unpaired) electrons. The zero-order valence-corrected chi connectivity index (χ0v) is 17.5. The summed E-state index contributed by atoms with van der Waals surface area (Å²) < 4.78 is 5.02. The second-order valence-electron chi connectivity index (χ2n) is 6.51. The van der Waals surface area contributed by atoms with Crippen LogP contribution in [0.4, 0.5) is 11.4 Å². The number of anilines is 2. The molecule has 0 heterocycles. The third kappa shape index (κ3) is 6.28. The van der Waals surface area contributed by atoms with Gasteiger partial charge in [0.15, 0.2) is 5.60 Å². The van der Waals surface area contributed by atoms with Crippen LogP contribution in [0.25, 0.3) is 0 Å². The SMILES string of the molecule is CC(=O)Nc1ccc(Sc2ccc(NC(=O)C(C)(C)OC(C)=O)c(Cl)c2)cc1. The normalized spacial score (nSPS) is 10.9. The maximum absolute atomic E-state index is 12.3. The van der Waals surface area contributed by atoms with E-state index in [-0.39, 0.29) is 5.91 Å². The van der Waals surface area contributed by atoms with Crippen LogP contribution < -0.4 is 10.6 Å². The monoisotopic (exact) mass is 420 g/mol. The molecule has 0 saturated carbocycles. The topological polar surface area (TPSA) is 84.5 Å². The van der Waals surface area contributed by atoms with Crippen molar-refractivity contribution in [2.75, 3.05) is 10.6 Å². The fourth-order valence-corrected chi connectivity index (χ4v) is 3.43. The van der Waals surface area contributed by atoms with Gasteiger partial charge >= 0.3 is 5.97 Å². The number of amides is 2. The molecule has 28 heavy (non-hydrogen) atoms. The number of rotatable bonds is 6. The molecule has 0 aliphatic rings. The van der Waals surface area contributed by atoms with Gasteiger partial charge in [-0.05, 0) is 56.3 Å². The van der Waals surface area contributed by atoms with Gasteiger partial charge in [-0.1, -0.05) is 23.4 Å². The van der Waals surface area contributed by atoms with Crippen molar-refractivity contribution in [1.29, 1.82) is 0 Å². The largest absolute Gasteiger partial charge is 0.450 e. The summed E-state index contributed by atoms with van der Waals surface area (Å²) in [5.74, 6) is -1.14. The Morgan fingerprint density at radius 1 is 0.964 bits per heavy atom. The van der Waals surface area contributed by atoms with Gasteiger partial charge in [0.1, 0.15) is 0 Å². The summed E-state index contributed by atoms with van der Waals surface area (Å²) in [6, 6.07) is 12.7. The van der Waals surface area contributed by atoms with Gasteiger partial charge in [0.2, 0.25) is 5.91 Å². The lowest BCUT2D eigenvalue weighted by Gasteiger charge is -2.23. The van der Waals surface area contributed by atoms with Gasteiger partial charge in [-0.25, -0.2) is 0 Å². The van der Waals surface area contributed by atoms with Crippen LogP contribution in [0.3, 0.4) is 0 Å². The average molecular weight is 421 g/mol. The van der Waals surface area contributed by atoms with Gasteiger partial charge in [0.05, 0.1) is 10.7 Å². The standard InChI is InChI=1S/C20H21ClN2O4S/c1-12(24)22-14-5-7-15(8-6-14)28-16-9-10-18(17(21)11-16)23-19(26)20(3,4)27-13(2)25/h5-11H,1-4H3,(H,22,24)(H,23,26). The van der Waals surface area contributed by atoms with Crippen LogP contribution in [-0.2, 0) is 19.1 Å².